The van der Waals surface area contributed by atoms with Crippen LogP contribution in [-0.4, -0.2) is 84.1 Å². The van der Waals surface area contributed by atoms with Crippen molar-refractivity contribution in [1.82, 2.24) is 15.2 Å². The monoisotopic (exact) mass is 520 g/mol. The van der Waals surface area contributed by atoms with E-state index in [1.54, 1.807) is 12.3 Å². The van der Waals surface area contributed by atoms with Crippen LogP contribution < -0.4 is 5.32 Å². The maximum Gasteiger partial charge on any atom is 0.378 e. The molecule has 3 aliphatic rings. The molecule has 4 radical (unpaired) electrons. The number of β-lactam (4-membered cyclic amide) rings is 1. The quantitative estimate of drug-likeness (QED) is 0.163. The van der Waals surface area contributed by atoms with Gasteiger partial charge in [-0.3, -0.25) is 14.5 Å². The van der Waals surface area contributed by atoms with Gasteiger partial charge in [0.05, 0.1) is 5.01 Å². The van der Waals surface area contributed by atoms with Crippen LogP contribution in [0.25, 0.3) is 0 Å². The molecule has 1 saturated carbocycles. The molecule has 1 aliphatic carbocycles. The second-order valence-electron chi connectivity index (χ2n) is 7.53. The molecule has 34 heavy (non-hydrogen) atoms. The molecule has 0 spiro atoms. The Hall–Kier alpha value is -2.51. The smallest absolute Gasteiger partial charge is 0.378 e. The Kier molecular flexibility index (Phi) is 6.97. The van der Waals surface area contributed by atoms with Crippen LogP contribution in [0, 0.1) is 6.92 Å². The molecule has 3 heterocycles. The molecule has 2 aliphatic heterocycles. The van der Waals surface area contributed by atoms with Crippen LogP contribution in [-0.2, 0) is 33.3 Å². The molecule has 1 aromatic rings. The van der Waals surface area contributed by atoms with Crippen molar-refractivity contribution < 1.29 is 33.3 Å². The first kappa shape index (κ1) is 24.6. The van der Waals surface area contributed by atoms with E-state index in [0.717, 1.165) is 0 Å². The summed E-state index contributed by atoms with van der Waals surface area (Å²) in [7, 11) is 9.95. The zero-order chi connectivity index (χ0) is 24.6. The fourth-order valence-corrected chi connectivity index (χ4v) is 5.68. The molecule has 4 rings (SSSR count). The highest BCUT2D eigenvalue weighted by Crippen LogP contribution is 2.42. The number of thiazole rings is 1. The van der Waals surface area contributed by atoms with E-state index in [2.05, 4.69) is 24.8 Å². The average Bonchev–Trinajstić information content (AvgIpc) is 3.52. The summed E-state index contributed by atoms with van der Waals surface area (Å²) in [5.74, 6) is -2.66. The summed E-state index contributed by atoms with van der Waals surface area (Å²) in [5.41, 5.74) is -0.917. The molecule has 11 nitrogen and oxygen atoms in total. The Morgan fingerprint density at radius 1 is 1.35 bits per heavy atom. The number of nitrogens with zero attached hydrogens (tertiary/aromatic N) is 3. The number of hydrogen-bond donors (Lipinski definition) is 1. The normalized spacial score (nSPS) is 22.9. The van der Waals surface area contributed by atoms with Gasteiger partial charge in [-0.1, -0.05) is 5.16 Å². The molecule has 1 aromatic heterocycles. The molecule has 174 valence electrons. The van der Waals surface area contributed by atoms with Gasteiger partial charge < -0.3 is 19.5 Å². The van der Waals surface area contributed by atoms with Crippen molar-refractivity contribution >= 4 is 80.3 Å². The van der Waals surface area contributed by atoms with Crippen molar-refractivity contribution in [3.8, 4) is 0 Å². The van der Waals surface area contributed by atoms with Crippen molar-refractivity contribution in [3.63, 3.8) is 0 Å². The summed E-state index contributed by atoms with van der Waals surface area (Å²) in [4.78, 5) is 60.7. The minimum Gasteiger partial charge on any atom is -0.540 e. The van der Waals surface area contributed by atoms with E-state index in [1.807, 2.05) is 0 Å². The molecular weight excluding hydrogens is 505 g/mol. The van der Waals surface area contributed by atoms with Crippen LogP contribution in [0.5, 0.6) is 0 Å². The highest BCUT2D eigenvalue weighted by atomic mass is 35.5. The molecule has 1 N–H and O–H groups in total. The van der Waals surface area contributed by atoms with E-state index in [0.29, 0.717) is 29.2 Å². The predicted molar refractivity (Wildman–Crippen MR) is 123 cm³/mol. The van der Waals surface area contributed by atoms with E-state index in [-0.39, 0.29) is 23.0 Å². The Morgan fingerprint density at radius 2 is 2.09 bits per heavy atom. The summed E-state index contributed by atoms with van der Waals surface area (Å²) in [6, 6.07) is -0.969. The summed E-state index contributed by atoms with van der Waals surface area (Å²) in [6.07, 6.45) is 0.642. The van der Waals surface area contributed by atoms with Crippen LogP contribution in [0.15, 0.2) is 21.8 Å². The summed E-state index contributed by atoms with van der Waals surface area (Å²) < 4.78 is 8.54. The summed E-state index contributed by atoms with van der Waals surface area (Å²) in [5, 5.41) is 8.15. The van der Waals surface area contributed by atoms with Gasteiger partial charge in [0.2, 0.25) is 5.60 Å². The number of carbonyl (C=O) groups is 4. The van der Waals surface area contributed by atoms with Crippen molar-refractivity contribution in [2.45, 2.75) is 36.8 Å². The van der Waals surface area contributed by atoms with Gasteiger partial charge >= 0.3 is 28.0 Å². The molecule has 0 unspecified atom stereocenters. The number of alkyl halides is 1. The molecule has 1 saturated heterocycles. The second-order valence-corrected chi connectivity index (χ2v) is 9.97. The van der Waals surface area contributed by atoms with Crippen molar-refractivity contribution in [1.29, 1.82) is 0 Å². The molecule has 2 amide bonds. The summed E-state index contributed by atoms with van der Waals surface area (Å²) in [6.45, 7) is 1.74. The predicted octanol–water partition coefficient (Wildman–Crippen LogP) is -0.149. The Bertz CT molecular complexity index is 1120. The fourth-order valence-electron chi connectivity index (χ4n) is 3.40. The molecule has 0 bridgehead atoms. The first-order valence-electron chi connectivity index (χ1n) is 9.80. The standard InChI is InChI=1S/C18H15B2ClN4O7S2/c1-7-22-9(6-33-7)10(24-32-18(2-3-18)17(29)31-20)13(26)23-11-14(27)25-12(16(28)30-19)8(4-21)5-34-15(11)25/h6,11,15H,2-5H2,1H3,(H,23,26)/b24-10-/t11-,15-/m1/s1. The van der Waals surface area contributed by atoms with E-state index in [1.165, 1.54) is 28.0 Å². The highest BCUT2D eigenvalue weighted by Gasteiger charge is 2.56. The maximum absolute atomic E-state index is 13.1. The number of oxime groups is 1. The third kappa shape index (κ3) is 4.31. The number of rotatable bonds is 8. The van der Waals surface area contributed by atoms with Crippen LogP contribution in [0.2, 0.25) is 0 Å². The average molecular weight is 521 g/mol. The van der Waals surface area contributed by atoms with Gasteiger partial charge in [0.15, 0.2) is 5.71 Å². The number of halogens is 1. The number of aromatic nitrogens is 1. The third-order valence-corrected chi connectivity index (χ3v) is 7.80. The number of thioether (sulfide) groups is 1. The van der Waals surface area contributed by atoms with Gasteiger partial charge in [-0.05, 0) is 12.5 Å². The zero-order valence-electron chi connectivity index (χ0n) is 17.6. The number of aryl methyl sites for hydroxylation is 1. The lowest BCUT2D eigenvalue weighted by Gasteiger charge is -2.49. The topological polar surface area (TPSA) is 136 Å². The van der Waals surface area contributed by atoms with E-state index in [4.69, 9.17) is 32.5 Å². The first-order valence-corrected chi connectivity index (χ1v) is 12.3. The van der Waals surface area contributed by atoms with Gasteiger partial charge in [-0.2, -0.15) is 0 Å². The van der Waals surface area contributed by atoms with Crippen LogP contribution in [0.4, 0.5) is 0 Å². The van der Waals surface area contributed by atoms with Crippen molar-refractivity contribution in [2.24, 2.45) is 5.16 Å². The van der Waals surface area contributed by atoms with E-state index < -0.39 is 40.8 Å². The van der Waals surface area contributed by atoms with Gasteiger partial charge in [0.25, 0.3) is 11.8 Å². The Morgan fingerprint density at radius 3 is 2.65 bits per heavy atom. The second kappa shape index (κ2) is 9.62. The van der Waals surface area contributed by atoms with Gasteiger partial charge in [-0.15, -0.1) is 34.7 Å². The number of fused-ring (bicyclic) bond motifs is 1. The van der Waals surface area contributed by atoms with Crippen molar-refractivity contribution in [3.05, 3.63) is 27.4 Å². The largest absolute Gasteiger partial charge is 0.540 e. The van der Waals surface area contributed by atoms with E-state index >= 15 is 0 Å². The van der Waals surface area contributed by atoms with E-state index in [9.17, 15) is 19.2 Å². The van der Waals surface area contributed by atoms with Gasteiger partial charge in [0, 0.05) is 29.9 Å². The molecule has 2 atom stereocenters. The molecule has 16 heteroatoms. The maximum atomic E-state index is 13.1. The van der Waals surface area contributed by atoms with Crippen molar-refractivity contribution in [2.75, 3.05) is 11.6 Å². The lowest BCUT2D eigenvalue weighted by atomic mass is 10.0. The number of carbonyl (C=O) groups excluding carboxylic acids is 4. The molecule has 0 aromatic carbocycles. The minimum atomic E-state index is -1.35. The lowest BCUT2D eigenvalue weighted by molar-refractivity contribution is -0.150. The Balaban J connectivity index is 1.54. The van der Waals surface area contributed by atoms with Crippen LogP contribution in [0.1, 0.15) is 23.5 Å². The van der Waals surface area contributed by atoms with Crippen LogP contribution in [0.3, 0.4) is 0 Å². The number of nitrogens with one attached hydrogen (secondary N) is 1. The summed E-state index contributed by atoms with van der Waals surface area (Å²) >= 11 is 8.49. The zero-order valence-corrected chi connectivity index (χ0v) is 20.0. The molecular formula is C18H15B2ClN4O7S2. The Labute approximate surface area is 209 Å². The van der Waals surface area contributed by atoms with Crippen LogP contribution >= 0.6 is 34.7 Å². The third-order valence-electron chi connectivity index (χ3n) is 5.37. The number of hydrogen-bond acceptors (Lipinski definition) is 11. The SMILES string of the molecule is [B]OC(=O)C1=C(CCl)CS[C@@H]2[C@H](NC(=O)/C(=N\OC3(C(=O)O[B])CC3)c3csc(C)n3)C(=O)N12. The highest BCUT2D eigenvalue weighted by molar-refractivity contribution is 8.00. The van der Waals surface area contributed by atoms with Gasteiger partial charge in [0.1, 0.15) is 22.8 Å². The lowest BCUT2D eigenvalue weighted by Crippen LogP contribution is -2.71. The van der Waals surface area contributed by atoms with Gasteiger partial charge in [-0.25, -0.2) is 14.6 Å². The minimum absolute atomic E-state index is 0.00919. The first-order chi connectivity index (χ1) is 16.3. The fraction of sp³-hybridized carbons (Fsp3) is 0.444. The molecule has 2 fully saturated rings. The number of amides is 2.